The molecule has 0 aromatic heterocycles. The first-order valence-corrected chi connectivity index (χ1v) is 11.6. The molecule has 3 nitrogen and oxygen atoms in total. The Kier molecular flexibility index (Phi) is 5.53. The van der Waals surface area contributed by atoms with Crippen molar-refractivity contribution in [3.63, 3.8) is 0 Å². The number of benzene rings is 2. The lowest BCUT2D eigenvalue weighted by atomic mass is 9.47. The van der Waals surface area contributed by atoms with E-state index < -0.39 is 0 Å². The van der Waals surface area contributed by atoms with Crippen molar-refractivity contribution in [1.82, 2.24) is 0 Å². The van der Waals surface area contributed by atoms with Crippen LogP contribution in [0.1, 0.15) is 44.7 Å². The summed E-state index contributed by atoms with van der Waals surface area (Å²) in [6, 6.07) is 17.6. The first kappa shape index (κ1) is 21.1. The number of thioether (sulfide) groups is 1. The van der Waals surface area contributed by atoms with Crippen molar-refractivity contribution in [2.24, 2.45) is 17.3 Å². The van der Waals surface area contributed by atoms with E-state index in [-0.39, 0.29) is 22.7 Å². The minimum Gasteiger partial charge on any atom is -0.493 e. The number of hydrogen-bond acceptors (Lipinski definition) is 4. The van der Waals surface area contributed by atoms with Gasteiger partial charge in [0, 0.05) is 10.1 Å². The molecule has 4 rings (SSSR count). The molecule has 30 heavy (non-hydrogen) atoms. The quantitative estimate of drug-likeness (QED) is 0.585. The molecule has 0 spiro atoms. The van der Waals surface area contributed by atoms with Crippen LogP contribution >= 0.6 is 11.8 Å². The van der Waals surface area contributed by atoms with Crippen LogP contribution < -0.4 is 9.47 Å². The third kappa shape index (κ3) is 3.28. The summed E-state index contributed by atoms with van der Waals surface area (Å²) < 4.78 is 11.2. The smallest absolute Gasteiger partial charge is 0.161 e. The fraction of sp³-hybridized carbons (Fsp3) is 0.500. The Hall–Kier alpha value is -2.12. The molecular formula is C26H31NO2S. The Bertz CT molecular complexity index is 965. The maximum Gasteiger partial charge on any atom is 0.161 e. The van der Waals surface area contributed by atoms with E-state index in [1.807, 2.05) is 11.8 Å². The van der Waals surface area contributed by atoms with Gasteiger partial charge in [0.2, 0.25) is 0 Å². The molecule has 2 aromatic rings. The van der Waals surface area contributed by atoms with Gasteiger partial charge in [-0.2, -0.15) is 5.26 Å². The molecule has 1 fully saturated rings. The number of hydrogen-bond donors (Lipinski definition) is 0. The highest BCUT2D eigenvalue weighted by atomic mass is 32.2. The van der Waals surface area contributed by atoms with E-state index in [0.717, 1.165) is 30.8 Å². The molecule has 4 atom stereocenters. The summed E-state index contributed by atoms with van der Waals surface area (Å²) in [7, 11) is 3.37. The summed E-state index contributed by atoms with van der Waals surface area (Å²) in [5.41, 5.74) is 2.56. The molecule has 0 heterocycles. The second-order valence-corrected chi connectivity index (χ2v) is 10.8. The molecule has 1 saturated carbocycles. The van der Waals surface area contributed by atoms with Crippen LogP contribution in [0.3, 0.4) is 0 Å². The average Bonchev–Trinajstić information content (AvgIpc) is 2.75. The standard InChI is InChI=1S/C26H31NO2S/c1-25(2)23(30-19-9-7-6-8-10-19)11-12-26(3)20-15-22(29-5)21(28-4)14-17(20)13-18(16-27)24(25)26/h6-10,14-15,18,23-24H,11-13H2,1-5H3/t18-,23-,24-,26+/m0/s1. The zero-order chi connectivity index (χ0) is 21.5. The number of ether oxygens (including phenoxy) is 2. The highest BCUT2D eigenvalue weighted by molar-refractivity contribution is 8.00. The zero-order valence-corrected chi connectivity index (χ0v) is 19.4. The second kappa shape index (κ2) is 7.85. The lowest BCUT2D eigenvalue weighted by Gasteiger charge is -2.58. The van der Waals surface area contributed by atoms with Gasteiger partial charge in [-0.3, -0.25) is 0 Å². The highest BCUT2D eigenvalue weighted by Crippen LogP contribution is 2.62. The summed E-state index contributed by atoms with van der Waals surface area (Å²) in [5, 5.41) is 10.7. The van der Waals surface area contributed by atoms with Gasteiger partial charge in [0.15, 0.2) is 11.5 Å². The van der Waals surface area contributed by atoms with Gasteiger partial charge in [0.1, 0.15) is 0 Å². The topological polar surface area (TPSA) is 42.2 Å². The van der Waals surface area contributed by atoms with Crippen LogP contribution in [0.2, 0.25) is 0 Å². The molecule has 2 aromatic carbocycles. The monoisotopic (exact) mass is 421 g/mol. The molecule has 2 aliphatic rings. The summed E-state index contributed by atoms with van der Waals surface area (Å²) in [6.07, 6.45) is 2.98. The van der Waals surface area contributed by atoms with Gasteiger partial charge >= 0.3 is 0 Å². The lowest BCUT2D eigenvalue weighted by Crippen LogP contribution is -2.56. The molecule has 2 aliphatic carbocycles. The fourth-order valence-corrected chi connectivity index (χ4v) is 7.54. The first-order valence-electron chi connectivity index (χ1n) is 10.7. The Labute approximate surface area is 184 Å². The van der Waals surface area contributed by atoms with E-state index in [0.29, 0.717) is 5.25 Å². The van der Waals surface area contributed by atoms with Crippen molar-refractivity contribution in [3.8, 4) is 17.6 Å². The van der Waals surface area contributed by atoms with Crippen molar-refractivity contribution in [3.05, 3.63) is 53.6 Å². The zero-order valence-electron chi connectivity index (χ0n) is 18.6. The Morgan fingerprint density at radius 1 is 1.03 bits per heavy atom. The molecule has 0 saturated heterocycles. The predicted molar refractivity (Wildman–Crippen MR) is 122 cm³/mol. The largest absolute Gasteiger partial charge is 0.493 e. The van der Waals surface area contributed by atoms with E-state index in [1.165, 1.54) is 16.0 Å². The van der Waals surface area contributed by atoms with Crippen LogP contribution in [0.25, 0.3) is 0 Å². The van der Waals surface area contributed by atoms with Crippen molar-refractivity contribution in [2.75, 3.05) is 14.2 Å². The number of fused-ring (bicyclic) bond motifs is 3. The maximum atomic E-state index is 10.2. The molecule has 4 heteroatoms. The number of nitriles is 1. The molecule has 0 bridgehead atoms. The summed E-state index contributed by atoms with van der Waals surface area (Å²) in [6.45, 7) is 7.13. The van der Waals surface area contributed by atoms with E-state index >= 15 is 0 Å². The summed E-state index contributed by atoms with van der Waals surface area (Å²) in [4.78, 5) is 1.32. The third-order valence-electron chi connectivity index (χ3n) is 7.50. The maximum absolute atomic E-state index is 10.2. The van der Waals surface area contributed by atoms with Crippen LogP contribution in [-0.4, -0.2) is 19.5 Å². The van der Waals surface area contributed by atoms with E-state index in [9.17, 15) is 5.26 Å². The summed E-state index contributed by atoms with van der Waals surface area (Å²) in [5.74, 6) is 1.82. The number of methoxy groups -OCH3 is 2. The number of rotatable bonds is 4. The van der Waals surface area contributed by atoms with Gasteiger partial charge in [-0.25, -0.2) is 0 Å². The van der Waals surface area contributed by atoms with Crippen molar-refractivity contribution in [1.29, 1.82) is 5.26 Å². The minimum atomic E-state index is -0.0508. The molecule has 0 N–H and O–H groups in total. The van der Waals surface area contributed by atoms with E-state index in [1.54, 1.807) is 14.2 Å². The fourth-order valence-electron chi connectivity index (χ4n) is 6.22. The van der Waals surface area contributed by atoms with Gasteiger partial charge in [-0.05, 0) is 71.4 Å². The van der Waals surface area contributed by atoms with Crippen LogP contribution in [0.4, 0.5) is 0 Å². The summed E-state index contributed by atoms with van der Waals surface area (Å²) >= 11 is 1.98. The van der Waals surface area contributed by atoms with Crippen LogP contribution in [0.15, 0.2) is 47.4 Å². The van der Waals surface area contributed by atoms with Gasteiger partial charge in [0.25, 0.3) is 0 Å². The molecule has 0 radical (unpaired) electrons. The minimum absolute atomic E-state index is 0.00484. The van der Waals surface area contributed by atoms with Crippen LogP contribution in [-0.2, 0) is 11.8 Å². The van der Waals surface area contributed by atoms with Gasteiger partial charge in [-0.15, -0.1) is 11.8 Å². The van der Waals surface area contributed by atoms with Gasteiger partial charge in [0.05, 0.1) is 26.2 Å². The average molecular weight is 422 g/mol. The molecule has 0 unspecified atom stereocenters. The first-order chi connectivity index (χ1) is 14.3. The van der Waals surface area contributed by atoms with Gasteiger partial charge < -0.3 is 9.47 Å². The van der Waals surface area contributed by atoms with E-state index in [4.69, 9.17) is 9.47 Å². The second-order valence-electron chi connectivity index (χ2n) is 9.48. The molecule has 0 aliphatic heterocycles. The number of nitrogens with zero attached hydrogens (tertiary/aromatic N) is 1. The Balaban J connectivity index is 1.78. The Morgan fingerprint density at radius 2 is 1.70 bits per heavy atom. The van der Waals surface area contributed by atoms with Crippen molar-refractivity contribution >= 4 is 11.8 Å². The normalized spacial score (nSPS) is 29.3. The lowest BCUT2D eigenvalue weighted by molar-refractivity contribution is 0.0222. The highest BCUT2D eigenvalue weighted by Gasteiger charge is 2.57. The molecular weight excluding hydrogens is 390 g/mol. The van der Waals surface area contributed by atoms with Crippen LogP contribution in [0, 0.1) is 28.6 Å². The van der Waals surface area contributed by atoms with Gasteiger partial charge in [-0.1, -0.05) is 39.0 Å². The molecule has 0 amide bonds. The van der Waals surface area contributed by atoms with Crippen molar-refractivity contribution in [2.45, 2.75) is 55.6 Å². The predicted octanol–water partition coefficient (Wildman–Crippen LogP) is 6.25. The van der Waals surface area contributed by atoms with Crippen LogP contribution in [0.5, 0.6) is 11.5 Å². The Morgan fingerprint density at radius 3 is 2.33 bits per heavy atom. The molecule has 158 valence electrons. The van der Waals surface area contributed by atoms with E-state index in [2.05, 4.69) is 69.3 Å². The van der Waals surface area contributed by atoms with Crippen molar-refractivity contribution < 1.29 is 9.47 Å². The SMILES string of the molecule is COc1cc2c(cc1OC)[C@@]1(C)CC[C@H](Sc3ccccc3)C(C)(C)[C@@H]1[C@H](C#N)C2. The third-order valence-corrected chi connectivity index (χ3v) is 9.17.